The third-order valence-electron chi connectivity index (χ3n) is 0. The molecule has 0 aromatic rings. The minimum atomic E-state index is 0.260. The van der Waals surface area contributed by atoms with Gasteiger partial charge in [0.25, 0.3) is 0 Å². The van der Waals surface area contributed by atoms with E-state index in [1.807, 2.05) is 15.9 Å². The molecule has 0 aliphatic carbocycles. The van der Waals surface area contributed by atoms with Crippen molar-refractivity contribution >= 4 is 0 Å². The summed E-state index contributed by atoms with van der Waals surface area (Å²) in [5, 5.41) is 7.57. The molecule has 33 valence electrons. The second-order valence-corrected chi connectivity index (χ2v) is 0.764. The van der Waals surface area contributed by atoms with Gasteiger partial charge in [-0.05, 0) is 0 Å². The molecule has 2 nitrogen and oxygen atoms in total. The first kappa shape index (κ1) is 9.35. The summed E-state index contributed by atoms with van der Waals surface area (Å²) in [5.41, 5.74) is 0. The van der Waals surface area contributed by atoms with Crippen molar-refractivity contribution in [3.8, 4) is 0 Å². The van der Waals surface area contributed by atoms with Crippen LogP contribution in [0.1, 0.15) is 0 Å². The van der Waals surface area contributed by atoms with Crippen molar-refractivity contribution in [1.29, 1.82) is 0 Å². The molecule has 4 heteroatoms. The van der Waals surface area contributed by atoms with E-state index in [-0.39, 0.29) is 5.00 Å². The first-order chi connectivity index (χ1) is 2.41. The van der Waals surface area contributed by atoms with Crippen molar-refractivity contribution < 1.29 is 44.7 Å². The summed E-state index contributed by atoms with van der Waals surface area (Å²) >= 11 is 3.63. The Morgan fingerprint density at radius 3 is 1.80 bits per heavy atom. The molecule has 0 aliphatic rings. The number of hydrogen-bond acceptors (Lipinski definition) is 2. The van der Waals surface area contributed by atoms with Gasteiger partial charge in [0.15, 0.2) is 0 Å². The van der Waals surface area contributed by atoms with Crippen molar-refractivity contribution in [3.63, 3.8) is 0 Å². The summed E-state index contributed by atoms with van der Waals surface area (Å²) in [4.78, 5) is 0.260. The summed E-state index contributed by atoms with van der Waals surface area (Å²) in [6.45, 7) is 0. The first-order valence-corrected chi connectivity index (χ1v) is 2.62. The molecule has 0 saturated carbocycles. The molecule has 0 aromatic carbocycles. The zero-order chi connectivity index (χ0) is 4.71. The van der Waals surface area contributed by atoms with Gasteiger partial charge < -0.3 is 0 Å². The van der Waals surface area contributed by atoms with Crippen molar-refractivity contribution in [2.75, 3.05) is 5.00 Å². The molecule has 0 atom stereocenters. The van der Waals surface area contributed by atoms with Gasteiger partial charge in [-0.1, -0.05) is 0 Å². The molecule has 1 N–H and O–H groups in total. The van der Waals surface area contributed by atoms with Gasteiger partial charge in [-0.25, -0.2) is 0 Å². The van der Waals surface area contributed by atoms with Crippen LogP contribution >= 0.6 is 0 Å². The molecule has 0 spiro atoms. The Kier molecular flexibility index (Phi) is 37.8. The van der Waals surface area contributed by atoms with Crippen LogP contribution in [-0.2, 0) is 39.6 Å². The third-order valence-corrected chi connectivity index (χ3v) is 0. The quantitative estimate of drug-likeness (QED) is 0.526. The average molecular weight is 199 g/mol. The van der Waals surface area contributed by atoms with Crippen LogP contribution in [0.5, 0.6) is 0 Å². The van der Waals surface area contributed by atoms with E-state index in [9.17, 15) is 0 Å². The minimum absolute atomic E-state index is 0.260. The maximum absolute atomic E-state index is 8.00. The monoisotopic (exact) mass is 201 g/mol. The fourth-order valence-electron chi connectivity index (χ4n) is 0. The van der Waals surface area contributed by atoms with Gasteiger partial charge in [0.1, 0.15) is 0 Å². The van der Waals surface area contributed by atoms with E-state index in [4.69, 9.17) is 8.94 Å². The van der Waals surface area contributed by atoms with E-state index in [0.29, 0.717) is 0 Å². The van der Waals surface area contributed by atoms with Crippen molar-refractivity contribution in [2.45, 2.75) is 0 Å². The standard InChI is InChI=1S/CH3O.Fe.Mo.O/c1-2;;;/h2H,1H2;;;. The molecule has 0 fully saturated rings. The summed E-state index contributed by atoms with van der Waals surface area (Å²) in [7, 11) is 0. The van der Waals surface area contributed by atoms with Gasteiger partial charge in [0, 0.05) is 0 Å². The Bertz CT molecular complexity index is 13.6. The van der Waals surface area contributed by atoms with Crippen molar-refractivity contribution in [1.82, 2.24) is 0 Å². The second-order valence-electron chi connectivity index (χ2n) is 0.129. The molecule has 0 aliphatic heterocycles. The van der Waals surface area contributed by atoms with Gasteiger partial charge in [-0.2, -0.15) is 0 Å². The predicted octanol–water partition coefficient (Wildman–Crippen LogP) is -0.638. The molecule has 0 saturated heterocycles. The van der Waals surface area contributed by atoms with E-state index in [1.165, 1.54) is 0 Å². The van der Waals surface area contributed by atoms with Gasteiger partial charge in [0.2, 0.25) is 0 Å². The van der Waals surface area contributed by atoms with Crippen LogP contribution < -0.4 is 0 Å². The Morgan fingerprint density at radius 2 is 1.80 bits per heavy atom. The van der Waals surface area contributed by atoms with Crippen LogP contribution in [-0.4, -0.2) is 10.1 Å². The Hall–Kier alpha value is 0.968. The SMILES string of the molecule is O[CH2][Mo].[O]=[Fe]. The van der Waals surface area contributed by atoms with E-state index in [1.54, 1.807) is 19.8 Å². The summed E-state index contributed by atoms with van der Waals surface area (Å²) in [6.07, 6.45) is 0. The molecule has 0 radical (unpaired) electrons. The summed E-state index contributed by atoms with van der Waals surface area (Å²) < 4.78 is 8.00. The topological polar surface area (TPSA) is 37.3 Å². The summed E-state index contributed by atoms with van der Waals surface area (Å²) in [6, 6.07) is 0. The van der Waals surface area contributed by atoms with Crippen molar-refractivity contribution in [3.05, 3.63) is 0 Å². The van der Waals surface area contributed by atoms with E-state index >= 15 is 0 Å². The molecule has 0 aromatic heterocycles. The van der Waals surface area contributed by atoms with Gasteiger partial charge in [0.05, 0.1) is 0 Å². The molecule has 0 bridgehead atoms. The van der Waals surface area contributed by atoms with Gasteiger partial charge in [-0.3, -0.25) is 0 Å². The van der Waals surface area contributed by atoms with Crippen LogP contribution in [0.4, 0.5) is 0 Å². The van der Waals surface area contributed by atoms with E-state index < -0.39 is 0 Å². The van der Waals surface area contributed by atoms with Crippen molar-refractivity contribution in [2.24, 2.45) is 0 Å². The Balaban J connectivity index is 0. The first-order valence-electron chi connectivity index (χ1n) is 0.749. The Morgan fingerprint density at radius 1 is 1.80 bits per heavy atom. The fourth-order valence-corrected chi connectivity index (χ4v) is 0. The predicted molar refractivity (Wildman–Crippen MR) is 7.77 cm³/mol. The van der Waals surface area contributed by atoms with Gasteiger partial charge >= 0.3 is 49.7 Å². The maximum atomic E-state index is 8.00. The van der Waals surface area contributed by atoms with Crippen LogP contribution in [0, 0.1) is 0 Å². The van der Waals surface area contributed by atoms with Crippen LogP contribution in [0.15, 0.2) is 0 Å². The van der Waals surface area contributed by atoms with E-state index in [2.05, 4.69) is 0 Å². The molecular formula is CH3FeMoO2. The zero-order valence-corrected chi connectivity index (χ0v) is 5.44. The third kappa shape index (κ3) is 46.7. The van der Waals surface area contributed by atoms with Crippen LogP contribution in [0.3, 0.4) is 0 Å². The number of aliphatic hydroxyl groups excluding tert-OH is 1. The van der Waals surface area contributed by atoms with Gasteiger partial charge in [-0.15, -0.1) is 0 Å². The molecule has 0 heterocycles. The molecule has 0 unspecified atom stereocenters. The normalized spacial score (nSPS) is 4.40. The molecule has 0 amide bonds. The van der Waals surface area contributed by atoms with E-state index in [0.717, 1.165) is 0 Å². The number of rotatable bonds is 0. The molecular weight excluding hydrogens is 196 g/mol. The molecule has 5 heavy (non-hydrogen) atoms. The second kappa shape index (κ2) is 20.2. The average Bonchev–Trinajstić information content (AvgIpc) is 1.46. The number of aliphatic hydroxyl groups is 1. The van der Waals surface area contributed by atoms with Crippen LogP contribution in [0.2, 0.25) is 0 Å². The number of hydrogen-bond donors (Lipinski definition) is 1. The van der Waals surface area contributed by atoms with Crippen LogP contribution in [0.25, 0.3) is 0 Å². The Labute approximate surface area is 49.9 Å². The fraction of sp³-hybridized carbons (Fsp3) is 1.00. The zero-order valence-electron chi connectivity index (χ0n) is 2.32. The molecule has 0 rings (SSSR count). The summed E-state index contributed by atoms with van der Waals surface area (Å²) in [5.74, 6) is 0.